The van der Waals surface area contributed by atoms with Crippen LogP contribution in [0.3, 0.4) is 0 Å². The van der Waals surface area contributed by atoms with E-state index in [1.54, 1.807) is 43.4 Å². The topological polar surface area (TPSA) is 201 Å². The normalized spacial score (nSPS) is 42.3. The molecule has 8 rings (SSSR count). The summed E-state index contributed by atoms with van der Waals surface area (Å²) >= 11 is 0. The number of furan rings is 1. The molecule has 6 aliphatic rings. The number of hydrogen-bond acceptors (Lipinski definition) is 15. The lowest BCUT2D eigenvalue weighted by molar-refractivity contribution is -0.462. The highest BCUT2D eigenvalue weighted by atomic mass is 33.1. The minimum absolute atomic E-state index is 0.0246. The summed E-state index contributed by atoms with van der Waals surface area (Å²) in [5.74, 6) is -4.73. The van der Waals surface area contributed by atoms with Gasteiger partial charge in [-0.05, 0) is 43.0 Å². The molecule has 9 bridgehead atoms. The van der Waals surface area contributed by atoms with Crippen molar-refractivity contribution in [2.45, 2.75) is 59.8 Å². The van der Waals surface area contributed by atoms with Gasteiger partial charge in [-0.3, -0.25) is 4.79 Å². The largest absolute Gasteiger partial charge is 0.485 e. The lowest BCUT2D eigenvalue weighted by atomic mass is 9.39. The lowest BCUT2D eigenvalue weighted by Gasteiger charge is -2.75. The molecule has 11 atom stereocenters. The Bertz CT molecular complexity index is 1780. The number of carbonyl (C=O) groups excluding carboxylic acids is 1. The molecule has 7 N–H and O–H groups in total. The third kappa shape index (κ3) is 4.69. The second-order valence-corrected chi connectivity index (χ2v) is 16.8. The maximum Gasteiger partial charge on any atom is 0.306 e. The van der Waals surface area contributed by atoms with E-state index in [1.165, 1.54) is 40.0 Å². The first kappa shape index (κ1) is 35.5. The highest BCUT2D eigenvalue weighted by Gasteiger charge is 2.87. The van der Waals surface area contributed by atoms with Gasteiger partial charge < -0.3 is 59.3 Å². The molecule has 3 aliphatic heterocycles. The summed E-state index contributed by atoms with van der Waals surface area (Å²) in [6, 6.07) is 3.53. The van der Waals surface area contributed by atoms with Crippen molar-refractivity contribution >= 4 is 38.5 Å². The Labute approximate surface area is 302 Å². The van der Waals surface area contributed by atoms with Crippen LogP contribution in [0.2, 0.25) is 0 Å². The number of carbonyl (C=O) groups is 1. The van der Waals surface area contributed by atoms with Crippen LogP contribution >= 0.6 is 21.6 Å². The number of benzene rings is 1. The summed E-state index contributed by atoms with van der Waals surface area (Å²) in [6.07, 6.45) is 8.01. The number of aliphatic hydroxyl groups excluding tert-OH is 4. The fraction of sp³-hybridized carbons (Fsp3) is 0.583. The van der Waals surface area contributed by atoms with Crippen molar-refractivity contribution in [3.63, 3.8) is 0 Å². The highest BCUT2D eigenvalue weighted by Crippen LogP contribution is 2.71. The number of allylic oxidation sites excluding steroid dienone is 1. The third-order valence-electron chi connectivity index (χ3n) is 11.8. The van der Waals surface area contributed by atoms with Gasteiger partial charge in [-0.2, -0.15) is 0 Å². The molecule has 0 radical (unpaired) electrons. The van der Waals surface area contributed by atoms with Crippen LogP contribution < -0.4 is 14.8 Å². The van der Waals surface area contributed by atoms with E-state index < -0.39 is 82.4 Å². The minimum atomic E-state index is -2.57. The van der Waals surface area contributed by atoms with E-state index in [0.29, 0.717) is 35.4 Å². The predicted octanol–water partition coefficient (Wildman–Crippen LogP) is 1.23. The predicted molar refractivity (Wildman–Crippen MR) is 187 cm³/mol. The maximum atomic E-state index is 13.4. The van der Waals surface area contributed by atoms with Crippen molar-refractivity contribution in [2.75, 3.05) is 45.3 Å². The average molecular weight is 746 g/mol. The van der Waals surface area contributed by atoms with Gasteiger partial charge in [-0.15, -0.1) is 0 Å². The second-order valence-electron chi connectivity index (χ2n) is 14.1. The van der Waals surface area contributed by atoms with Gasteiger partial charge in [0.25, 0.3) is 5.79 Å². The molecule has 276 valence electrons. The van der Waals surface area contributed by atoms with Crippen molar-refractivity contribution in [3.8, 4) is 11.5 Å². The number of nitrogens with one attached hydrogen (secondary N) is 1. The zero-order chi connectivity index (χ0) is 35.8. The summed E-state index contributed by atoms with van der Waals surface area (Å²) < 4.78 is 31.5. The molecule has 2 fully saturated rings. The van der Waals surface area contributed by atoms with Gasteiger partial charge in [0, 0.05) is 47.9 Å². The zero-order valence-electron chi connectivity index (χ0n) is 28.0. The Morgan fingerprint density at radius 2 is 1.90 bits per heavy atom. The summed E-state index contributed by atoms with van der Waals surface area (Å²) in [7, 11) is 2.86. The van der Waals surface area contributed by atoms with Crippen molar-refractivity contribution < 1.29 is 58.8 Å². The molecule has 2 aromatic rings. The van der Waals surface area contributed by atoms with Crippen LogP contribution in [0.25, 0.3) is 11.0 Å². The van der Waals surface area contributed by atoms with Gasteiger partial charge in [0.15, 0.2) is 16.9 Å². The van der Waals surface area contributed by atoms with Crippen LogP contribution in [0.15, 0.2) is 59.3 Å². The van der Waals surface area contributed by atoms with Crippen LogP contribution in [-0.2, 0) is 20.7 Å². The molecule has 4 heterocycles. The van der Waals surface area contributed by atoms with E-state index in [1.807, 2.05) is 0 Å². The van der Waals surface area contributed by atoms with Crippen molar-refractivity contribution in [3.05, 3.63) is 60.4 Å². The number of aryl methyl sites for hydroxylation is 1. The van der Waals surface area contributed by atoms with Gasteiger partial charge in [-0.1, -0.05) is 52.0 Å². The molecule has 13 nitrogen and oxygen atoms in total. The van der Waals surface area contributed by atoms with Gasteiger partial charge in [0.05, 0.1) is 37.4 Å². The van der Waals surface area contributed by atoms with Crippen LogP contribution in [-0.4, -0.2) is 122 Å². The Hall–Kier alpha value is -2.57. The molecule has 1 aromatic heterocycles. The Balaban J connectivity index is 1.40. The lowest BCUT2D eigenvalue weighted by Crippen LogP contribution is -2.93. The number of esters is 1. The quantitative estimate of drug-likeness (QED) is 0.126. The van der Waals surface area contributed by atoms with E-state index in [0.717, 1.165) is 0 Å². The Morgan fingerprint density at radius 3 is 2.69 bits per heavy atom. The molecular weight excluding hydrogens is 703 g/mol. The Kier molecular flexibility index (Phi) is 8.89. The standard InChI is InChI=1S/C36H43NO12S2/c1-2-45-26(41)6-3-20-17-21-9-14-46-27(21)29-28(20)48-34-11-8-25(51-50-16-13-37-12-15-47-29)33(19-39,49-34)35(43)23-7-10-32(18-38)24(40)5-4-22(23)30(32)36(34,44)31(35)42/h4-5,7-11,14,17,22-25,30-31,37-40,42-44H,2-3,6,12-13,15-16,18-19H2,1H3. The van der Waals surface area contributed by atoms with Crippen molar-refractivity contribution in [2.24, 2.45) is 23.2 Å². The molecule has 1 aromatic carbocycles. The molecule has 51 heavy (non-hydrogen) atoms. The van der Waals surface area contributed by atoms with E-state index in [4.69, 9.17) is 23.4 Å². The SMILES string of the molecule is CCOC(=O)CCc1cc2ccoc2c2c1OC13C=CC(SSCCNCCO2)C(CO)(O1)C1(O)C2C=CC4(CO)C(O)C=CC2C4C3(O)C1O. The molecule has 1 saturated carbocycles. The molecule has 1 spiro atoms. The fourth-order valence-corrected chi connectivity index (χ4v) is 12.2. The molecule has 0 amide bonds. The Morgan fingerprint density at radius 1 is 1.06 bits per heavy atom. The van der Waals surface area contributed by atoms with E-state index in [9.17, 15) is 35.4 Å². The van der Waals surface area contributed by atoms with E-state index in [-0.39, 0.29) is 37.6 Å². The first-order valence-electron chi connectivity index (χ1n) is 17.4. The number of rotatable bonds is 6. The van der Waals surface area contributed by atoms with Crippen LogP contribution in [0, 0.1) is 23.2 Å². The van der Waals surface area contributed by atoms with Gasteiger partial charge in [-0.25, -0.2) is 0 Å². The summed E-state index contributed by atoms with van der Waals surface area (Å²) in [5, 5.41) is 76.3. The smallest absolute Gasteiger partial charge is 0.306 e. The molecule has 11 unspecified atom stereocenters. The van der Waals surface area contributed by atoms with Crippen molar-refractivity contribution in [1.82, 2.24) is 5.32 Å². The first-order valence-corrected chi connectivity index (χ1v) is 19.7. The van der Waals surface area contributed by atoms with Crippen molar-refractivity contribution in [1.29, 1.82) is 0 Å². The van der Waals surface area contributed by atoms with E-state index >= 15 is 0 Å². The second kappa shape index (κ2) is 12.8. The molecular formula is C36H43NO12S2. The van der Waals surface area contributed by atoms with Gasteiger partial charge in [0.1, 0.15) is 23.9 Å². The van der Waals surface area contributed by atoms with Crippen LogP contribution in [0.1, 0.15) is 18.9 Å². The van der Waals surface area contributed by atoms with Crippen LogP contribution in [0.4, 0.5) is 0 Å². The number of ether oxygens (including phenoxy) is 4. The van der Waals surface area contributed by atoms with E-state index in [2.05, 4.69) is 5.32 Å². The summed E-state index contributed by atoms with van der Waals surface area (Å²) in [5.41, 5.74) is -7.50. The van der Waals surface area contributed by atoms with Gasteiger partial charge in [0.2, 0.25) is 5.75 Å². The number of aliphatic hydroxyl groups is 6. The minimum Gasteiger partial charge on any atom is -0.485 e. The molecule has 15 heteroatoms. The first-order chi connectivity index (χ1) is 24.6. The monoisotopic (exact) mass is 745 g/mol. The third-order valence-corrected chi connectivity index (χ3v) is 14.6. The molecule has 1 saturated heterocycles. The highest BCUT2D eigenvalue weighted by molar-refractivity contribution is 8.77. The maximum absolute atomic E-state index is 13.4. The average Bonchev–Trinajstić information content (AvgIpc) is 3.60. The zero-order valence-corrected chi connectivity index (χ0v) is 29.6. The fourth-order valence-electron chi connectivity index (χ4n) is 9.51. The summed E-state index contributed by atoms with van der Waals surface area (Å²) in [4.78, 5) is 12.6. The molecule has 3 aliphatic carbocycles. The van der Waals surface area contributed by atoms with Crippen LogP contribution in [0.5, 0.6) is 11.5 Å². The number of hydrogen-bond donors (Lipinski definition) is 7. The van der Waals surface area contributed by atoms with Gasteiger partial charge >= 0.3 is 5.97 Å². The summed E-state index contributed by atoms with van der Waals surface area (Å²) in [6.45, 7) is 1.81. The number of fused-ring (bicyclic) bond motifs is 10.